The zero-order valence-electron chi connectivity index (χ0n) is 20.9. The fraction of sp³-hybridized carbons (Fsp3) is 0.458. The van der Waals surface area contributed by atoms with Gasteiger partial charge < -0.3 is 42.6 Å². The summed E-state index contributed by atoms with van der Waals surface area (Å²) in [5, 5.41) is 26.5. The van der Waals surface area contributed by atoms with Crippen LogP contribution in [0.15, 0.2) is 30.5 Å². The first-order valence-corrected chi connectivity index (χ1v) is 13.3. The molecule has 10 N–H and O–H groups in total. The Morgan fingerprint density at radius 3 is 2.24 bits per heavy atom. The van der Waals surface area contributed by atoms with Gasteiger partial charge in [-0.2, -0.15) is 11.8 Å². The van der Waals surface area contributed by atoms with E-state index in [0.717, 1.165) is 16.5 Å². The number of benzene rings is 1. The van der Waals surface area contributed by atoms with Gasteiger partial charge in [-0.3, -0.25) is 19.2 Å². The van der Waals surface area contributed by atoms with Gasteiger partial charge in [-0.15, -0.1) is 0 Å². The first-order chi connectivity index (χ1) is 18.1. The van der Waals surface area contributed by atoms with Crippen molar-refractivity contribution in [3.8, 4) is 0 Å². The number of aliphatic carboxylic acids is 1. The van der Waals surface area contributed by atoms with Crippen molar-refractivity contribution >= 4 is 52.3 Å². The minimum atomic E-state index is -1.62. The molecule has 14 heteroatoms. The van der Waals surface area contributed by atoms with E-state index in [9.17, 15) is 29.1 Å². The fourth-order valence-electron chi connectivity index (χ4n) is 3.67. The molecule has 4 atom stereocenters. The van der Waals surface area contributed by atoms with Crippen LogP contribution in [0.4, 0.5) is 0 Å². The van der Waals surface area contributed by atoms with Gasteiger partial charge in [-0.1, -0.05) is 18.2 Å². The molecule has 0 saturated carbocycles. The summed E-state index contributed by atoms with van der Waals surface area (Å²) in [6, 6.07) is 2.38. The molecule has 2 rings (SSSR count). The molecule has 38 heavy (non-hydrogen) atoms. The molecule has 0 spiro atoms. The average molecular weight is 551 g/mol. The number of nitrogens with two attached hydrogens (primary N) is 2. The zero-order chi connectivity index (χ0) is 28.2. The van der Waals surface area contributed by atoms with E-state index in [1.54, 1.807) is 6.20 Å². The summed E-state index contributed by atoms with van der Waals surface area (Å²) in [6.07, 6.45) is 3.51. The van der Waals surface area contributed by atoms with E-state index in [4.69, 9.17) is 16.6 Å². The predicted molar refractivity (Wildman–Crippen MR) is 142 cm³/mol. The Morgan fingerprint density at radius 1 is 0.974 bits per heavy atom. The second-order valence-electron chi connectivity index (χ2n) is 8.66. The number of carbonyl (C=O) groups excluding carboxylic acids is 4. The number of carboxylic acid groups (broad SMARTS) is 1. The smallest absolute Gasteiger partial charge is 0.328 e. The lowest BCUT2D eigenvalue weighted by molar-refractivity contribution is -0.143. The Morgan fingerprint density at radius 2 is 1.61 bits per heavy atom. The Hall–Kier alpha value is -3.62. The van der Waals surface area contributed by atoms with Gasteiger partial charge in [-0.05, 0) is 36.5 Å². The van der Waals surface area contributed by atoms with Gasteiger partial charge in [0, 0.05) is 29.9 Å². The highest BCUT2D eigenvalue weighted by molar-refractivity contribution is 7.98. The number of rotatable bonds is 16. The molecule has 0 fully saturated rings. The largest absolute Gasteiger partial charge is 0.480 e. The molecule has 1 aromatic heterocycles. The minimum absolute atomic E-state index is 0.0510. The Labute approximate surface area is 223 Å². The van der Waals surface area contributed by atoms with Gasteiger partial charge in [0.05, 0.1) is 12.6 Å². The van der Waals surface area contributed by atoms with Crippen LogP contribution in [0.25, 0.3) is 10.9 Å². The molecule has 208 valence electrons. The summed E-state index contributed by atoms with van der Waals surface area (Å²) in [5.74, 6) is -3.82. The number of aliphatic hydroxyl groups excluding tert-OH is 1. The van der Waals surface area contributed by atoms with Gasteiger partial charge >= 0.3 is 5.97 Å². The number of carboxylic acids is 1. The van der Waals surface area contributed by atoms with Gasteiger partial charge in [0.1, 0.15) is 18.1 Å². The van der Waals surface area contributed by atoms with Crippen LogP contribution in [0.1, 0.15) is 24.8 Å². The van der Waals surface area contributed by atoms with E-state index in [2.05, 4.69) is 20.9 Å². The van der Waals surface area contributed by atoms with Crippen LogP contribution in [-0.4, -0.2) is 87.6 Å². The molecule has 2 aromatic rings. The molecule has 0 bridgehead atoms. The Balaban J connectivity index is 2.29. The minimum Gasteiger partial charge on any atom is -0.480 e. The monoisotopic (exact) mass is 550 g/mol. The van der Waals surface area contributed by atoms with E-state index >= 15 is 0 Å². The number of fused-ring (bicyclic) bond motifs is 1. The normalized spacial score (nSPS) is 14.2. The highest BCUT2D eigenvalue weighted by atomic mass is 32.2. The number of aromatic nitrogens is 1. The number of aromatic amines is 1. The Kier molecular flexibility index (Phi) is 12.0. The third-order valence-electron chi connectivity index (χ3n) is 5.81. The summed E-state index contributed by atoms with van der Waals surface area (Å²) in [4.78, 5) is 64.6. The summed E-state index contributed by atoms with van der Waals surface area (Å²) in [6.45, 7) is -0.884. The summed E-state index contributed by atoms with van der Waals surface area (Å²) >= 11 is 1.52. The number of hydrogen-bond acceptors (Lipinski definition) is 8. The van der Waals surface area contributed by atoms with Gasteiger partial charge in [0.2, 0.25) is 23.6 Å². The van der Waals surface area contributed by atoms with E-state index in [1.165, 1.54) is 11.8 Å². The predicted octanol–water partition coefficient (Wildman–Crippen LogP) is -1.41. The molecular formula is C24H34N6O7S. The van der Waals surface area contributed by atoms with Gasteiger partial charge in [0.15, 0.2) is 0 Å². The number of H-pyrrole nitrogens is 1. The molecule has 0 aliphatic carbocycles. The standard InChI is InChI=1S/C24H34N6O7S/c1-38-9-8-15(25)21(33)29-18(10-13-11-27-16-5-3-2-4-14(13)16)23(35)28-17(6-7-20(26)32)22(34)30-19(12-31)24(36)37/h2-5,11,15,17-19,27,31H,6-10,12,25H2,1H3,(H2,26,32)(H,28,35)(H,29,33)(H,30,34)(H,36,37). The van der Waals surface area contributed by atoms with Crippen molar-refractivity contribution in [2.24, 2.45) is 11.5 Å². The van der Waals surface area contributed by atoms with Crippen LogP contribution in [0.5, 0.6) is 0 Å². The lowest BCUT2D eigenvalue weighted by Gasteiger charge is -2.25. The fourth-order valence-corrected chi connectivity index (χ4v) is 4.16. The third kappa shape index (κ3) is 9.04. The van der Waals surface area contributed by atoms with Crippen molar-refractivity contribution in [1.29, 1.82) is 0 Å². The molecule has 0 saturated heterocycles. The molecular weight excluding hydrogens is 516 g/mol. The van der Waals surface area contributed by atoms with E-state index < -0.39 is 60.4 Å². The first kappa shape index (κ1) is 30.6. The average Bonchev–Trinajstić information content (AvgIpc) is 3.29. The molecule has 0 aliphatic rings. The van der Waals surface area contributed by atoms with Crippen LogP contribution in [0, 0.1) is 0 Å². The Bertz CT molecular complexity index is 1140. The van der Waals surface area contributed by atoms with E-state index in [1.807, 2.05) is 30.5 Å². The van der Waals surface area contributed by atoms with Crippen LogP contribution in [0.2, 0.25) is 0 Å². The molecule has 1 heterocycles. The van der Waals surface area contributed by atoms with Gasteiger partial charge in [-0.25, -0.2) is 4.79 Å². The maximum absolute atomic E-state index is 13.4. The maximum atomic E-state index is 13.4. The number of aliphatic hydroxyl groups is 1. The van der Waals surface area contributed by atoms with Crippen molar-refractivity contribution < 1.29 is 34.2 Å². The maximum Gasteiger partial charge on any atom is 0.328 e. The summed E-state index contributed by atoms with van der Waals surface area (Å²) < 4.78 is 0. The number of carbonyl (C=O) groups is 5. The number of primary amides is 1. The summed E-state index contributed by atoms with van der Waals surface area (Å²) in [5.41, 5.74) is 12.7. The molecule has 1 aromatic carbocycles. The van der Waals surface area contributed by atoms with Crippen molar-refractivity contribution in [2.75, 3.05) is 18.6 Å². The highest BCUT2D eigenvalue weighted by Gasteiger charge is 2.31. The molecule has 13 nitrogen and oxygen atoms in total. The van der Waals surface area contributed by atoms with Crippen molar-refractivity contribution in [3.63, 3.8) is 0 Å². The van der Waals surface area contributed by atoms with Crippen molar-refractivity contribution in [2.45, 2.75) is 49.9 Å². The molecule has 0 radical (unpaired) electrons. The quantitative estimate of drug-likeness (QED) is 0.122. The first-order valence-electron chi connectivity index (χ1n) is 11.9. The molecule has 4 amide bonds. The third-order valence-corrected chi connectivity index (χ3v) is 6.46. The lowest BCUT2D eigenvalue weighted by Crippen LogP contribution is -2.58. The second kappa shape index (κ2) is 15.0. The van der Waals surface area contributed by atoms with Crippen LogP contribution >= 0.6 is 11.8 Å². The highest BCUT2D eigenvalue weighted by Crippen LogP contribution is 2.19. The zero-order valence-corrected chi connectivity index (χ0v) is 21.8. The summed E-state index contributed by atoms with van der Waals surface area (Å²) in [7, 11) is 0. The van der Waals surface area contributed by atoms with Crippen LogP contribution in [-0.2, 0) is 30.4 Å². The SMILES string of the molecule is CSCCC(N)C(=O)NC(Cc1c[nH]c2ccccc12)C(=O)NC(CCC(N)=O)C(=O)NC(CO)C(=O)O. The number of thioether (sulfide) groups is 1. The van der Waals surface area contributed by atoms with Gasteiger partial charge in [0.25, 0.3) is 0 Å². The lowest BCUT2D eigenvalue weighted by atomic mass is 10.0. The molecule has 4 unspecified atom stereocenters. The number of para-hydroxylation sites is 1. The van der Waals surface area contributed by atoms with E-state index in [-0.39, 0.29) is 19.3 Å². The van der Waals surface area contributed by atoms with Crippen LogP contribution in [0.3, 0.4) is 0 Å². The number of nitrogens with one attached hydrogen (secondary N) is 4. The van der Waals surface area contributed by atoms with Crippen molar-refractivity contribution in [3.05, 3.63) is 36.0 Å². The van der Waals surface area contributed by atoms with Crippen LogP contribution < -0.4 is 27.4 Å². The molecule has 0 aliphatic heterocycles. The van der Waals surface area contributed by atoms with E-state index in [0.29, 0.717) is 12.2 Å². The second-order valence-corrected chi connectivity index (χ2v) is 9.65. The topological polar surface area (TPSA) is 230 Å². The number of hydrogen-bond donors (Lipinski definition) is 8. The number of amides is 4. The van der Waals surface area contributed by atoms with Crippen molar-refractivity contribution in [1.82, 2.24) is 20.9 Å².